The minimum absolute atomic E-state index is 0.0406. The number of anilines is 1. The molecule has 4 rings (SSSR count). The first-order chi connectivity index (χ1) is 15.5. The maximum atomic E-state index is 12.2. The highest BCUT2D eigenvalue weighted by molar-refractivity contribution is 6.43. The molecule has 2 heterocycles. The number of carboxylic acid groups (broad SMARTS) is 1. The van der Waals surface area contributed by atoms with Crippen molar-refractivity contribution in [2.75, 3.05) is 18.0 Å². The van der Waals surface area contributed by atoms with Crippen LogP contribution in [0.25, 0.3) is 11.3 Å². The number of benzene rings is 1. The van der Waals surface area contributed by atoms with Crippen LogP contribution >= 0.6 is 23.2 Å². The third kappa shape index (κ3) is 4.52. The van der Waals surface area contributed by atoms with Gasteiger partial charge in [-0.25, -0.2) is 9.78 Å². The first-order valence-electron chi connectivity index (χ1n) is 11.6. The lowest BCUT2D eigenvalue weighted by Gasteiger charge is -2.49. The summed E-state index contributed by atoms with van der Waals surface area (Å²) in [6.07, 6.45) is 6.02. The first-order valence-corrected chi connectivity index (χ1v) is 12.3. The molecule has 1 atom stereocenters. The van der Waals surface area contributed by atoms with Gasteiger partial charge in [0.1, 0.15) is 5.82 Å². The fraction of sp³-hybridized carbons (Fsp3) is 0.560. The highest BCUT2D eigenvalue weighted by Gasteiger charge is 2.51. The number of amides is 1. The number of halogens is 2. The Hall–Kier alpha value is -2.05. The smallest absolute Gasteiger partial charge is 0.408 e. The molecule has 1 aliphatic carbocycles. The van der Waals surface area contributed by atoms with Gasteiger partial charge in [0.2, 0.25) is 0 Å². The Kier molecular flexibility index (Phi) is 6.53. The minimum Gasteiger partial charge on any atom is -0.465 e. The Bertz CT molecular complexity index is 1050. The van der Waals surface area contributed by atoms with Gasteiger partial charge >= 0.3 is 6.09 Å². The molecule has 1 aromatic carbocycles. The quantitative estimate of drug-likeness (QED) is 0.519. The molecule has 2 aliphatic rings. The van der Waals surface area contributed by atoms with Gasteiger partial charge in [-0.2, -0.15) is 0 Å². The number of hydrogen-bond donors (Lipinski definition) is 1. The molecular formula is C25H32Cl2N4O2. The predicted molar refractivity (Wildman–Crippen MR) is 133 cm³/mol. The summed E-state index contributed by atoms with van der Waals surface area (Å²) >= 11 is 12.6. The van der Waals surface area contributed by atoms with E-state index >= 15 is 0 Å². The summed E-state index contributed by atoms with van der Waals surface area (Å²) < 4.78 is 0. The normalized spacial score (nSPS) is 20.3. The van der Waals surface area contributed by atoms with Gasteiger partial charge in [-0.1, -0.05) is 41.8 Å². The fourth-order valence-electron chi connectivity index (χ4n) is 5.75. The molecule has 6 nitrogen and oxygen atoms in total. The third-order valence-electron chi connectivity index (χ3n) is 7.32. The van der Waals surface area contributed by atoms with Gasteiger partial charge in [0, 0.05) is 30.2 Å². The van der Waals surface area contributed by atoms with Gasteiger partial charge < -0.3 is 10.0 Å². The van der Waals surface area contributed by atoms with Gasteiger partial charge in [-0.05, 0) is 64.9 Å². The van der Waals surface area contributed by atoms with Gasteiger partial charge in [0.05, 0.1) is 27.6 Å². The van der Waals surface area contributed by atoms with E-state index in [0.29, 0.717) is 10.0 Å². The molecule has 1 spiro atoms. The van der Waals surface area contributed by atoms with E-state index in [-0.39, 0.29) is 11.5 Å². The summed E-state index contributed by atoms with van der Waals surface area (Å²) in [6.45, 7) is 9.62. The Morgan fingerprint density at radius 3 is 2.52 bits per heavy atom. The Labute approximate surface area is 205 Å². The van der Waals surface area contributed by atoms with Gasteiger partial charge in [-0.3, -0.25) is 9.88 Å². The molecule has 1 amide bonds. The molecule has 2 aromatic rings. The summed E-state index contributed by atoms with van der Waals surface area (Å²) in [4.78, 5) is 25.7. The highest BCUT2D eigenvalue weighted by Crippen LogP contribution is 2.50. The lowest BCUT2D eigenvalue weighted by Crippen LogP contribution is -2.58. The standard InChI is InChI=1S/C25H32Cl2N4O2/c1-16-22(17-7-5-8-18(26)21(17)27)28-15-20(29-16)30-13-11-25(12-14-30)10-6-9-19(25)31(23(32)33)24(2,3)4/h5,7-8,15,19H,6,9-14H2,1-4H3,(H,32,33). The molecule has 0 radical (unpaired) electrons. The molecule has 2 fully saturated rings. The molecule has 178 valence electrons. The van der Waals surface area contributed by atoms with Crippen molar-refractivity contribution in [1.82, 2.24) is 14.9 Å². The van der Waals surface area contributed by atoms with Crippen LogP contribution in [0.4, 0.5) is 10.6 Å². The predicted octanol–water partition coefficient (Wildman–Crippen LogP) is 6.68. The van der Waals surface area contributed by atoms with Crippen molar-refractivity contribution in [2.45, 2.75) is 71.4 Å². The Balaban J connectivity index is 1.53. The lowest BCUT2D eigenvalue weighted by atomic mass is 9.72. The monoisotopic (exact) mass is 490 g/mol. The number of aryl methyl sites for hydroxylation is 1. The zero-order valence-corrected chi connectivity index (χ0v) is 21.2. The van der Waals surface area contributed by atoms with E-state index in [1.807, 2.05) is 46.0 Å². The summed E-state index contributed by atoms with van der Waals surface area (Å²) in [6, 6.07) is 5.59. The third-order valence-corrected chi connectivity index (χ3v) is 8.14. The van der Waals surface area contributed by atoms with Gasteiger partial charge in [0.25, 0.3) is 0 Å². The SMILES string of the molecule is Cc1nc(N2CCC3(CCCC3N(C(=O)O)C(C)(C)C)CC2)cnc1-c1cccc(Cl)c1Cl. The van der Waals surface area contributed by atoms with E-state index < -0.39 is 11.6 Å². The maximum absolute atomic E-state index is 12.2. The second kappa shape index (κ2) is 8.95. The summed E-state index contributed by atoms with van der Waals surface area (Å²) in [7, 11) is 0. The molecular weight excluding hydrogens is 459 g/mol. The largest absolute Gasteiger partial charge is 0.465 e. The van der Waals surface area contributed by atoms with Crippen molar-refractivity contribution in [3.63, 3.8) is 0 Å². The van der Waals surface area contributed by atoms with E-state index in [1.54, 1.807) is 11.0 Å². The number of nitrogens with zero attached hydrogens (tertiary/aromatic N) is 4. The molecule has 1 saturated heterocycles. The van der Waals surface area contributed by atoms with Crippen molar-refractivity contribution in [3.8, 4) is 11.3 Å². The van der Waals surface area contributed by atoms with Crippen LogP contribution in [0.3, 0.4) is 0 Å². The van der Waals surface area contributed by atoms with Crippen molar-refractivity contribution < 1.29 is 9.90 Å². The number of aromatic nitrogens is 2. The molecule has 0 bridgehead atoms. The fourth-order valence-corrected chi connectivity index (χ4v) is 6.14. The van der Waals surface area contributed by atoms with Crippen LogP contribution < -0.4 is 4.90 Å². The summed E-state index contributed by atoms with van der Waals surface area (Å²) in [5.41, 5.74) is 1.95. The number of rotatable bonds is 3. The van der Waals surface area contributed by atoms with E-state index in [0.717, 1.165) is 68.0 Å². The maximum Gasteiger partial charge on any atom is 0.408 e. The molecule has 1 saturated carbocycles. The minimum atomic E-state index is -0.812. The van der Waals surface area contributed by atoms with Crippen molar-refractivity contribution >= 4 is 35.1 Å². The molecule has 1 N–H and O–H groups in total. The second-order valence-corrected chi connectivity index (χ2v) is 11.1. The van der Waals surface area contributed by atoms with Crippen molar-refractivity contribution in [1.29, 1.82) is 0 Å². The number of carbonyl (C=O) groups is 1. The second-order valence-electron chi connectivity index (χ2n) is 10.3. The molecule has 8 heteroatoms. The van der Waals surface area contributed by atoms with Crippen LogP contribution in [0.15, 0.2) is 24.4 Å². The lowest BCUT2D eigenvalue weighted by molar-refractivity contribution is 0.0141. The summed E-state index contributed by atoms with van der Waals surface area (Å²) in [5, 5.41) is 11.0. The van der Waals surface area contributed by atoms with Crippen LogP contribution in [-0.4, -0.2) is 50.7 Å². The van der Waals surface area contributed by atoms with Crippen molar-refractivity contribution in [2.24, 2.45) is 5.41 Å². The zero-order valence-electron chi connectivity index (χ0n) is 19.7. The van der Waals surface area contributed by atoms with Crippen LogP contribution in [0.2, 0.25) is 10.0 Å². The molecule has 1 aliphatic heterocycles. The van der Waals surface area contributed by atoms with E-state index in [2.05, 4.69) is 9.88 Å². The average molecular weight is 491 g/mol. The van der Waals surface area contributed by atoms with Crippen molar-refractivity contribution in [3.05, 3.63) is 40.1 Å². The highest BCUT2D eigenvalue weighted by atomic mass is 35.5. The van der Waals surface area contributed by atoms with Gasteiger partial charge in [-0.15, -0.1) is 0 Å². The van der Waals surface area contributed by atoms with Crippen LogP contribution in [0.1, 0.15) is 58.6 Å². The molecule has 1 aromatic heterocycles. The van der Waals surface area contributed by atoms with Crippen LogP contribution in [-0.2, 0) is 0 Å². The molecule has 33 heavy (non-hydrogen) atoms. The first kappa shape index (κ1) is 24.1. The number of hydrogen-bond acceptors (Lipinski definition) is 4. The van der Waals surface area contributed by atoms with Gasteiger partial charge in [0.15, 0.2) is 0 Å². The topological polar surface area (TPSA) is 69.6 Å². The van der Waals surface area contributed by atoms with E-state index in [4.69, 9.17) is 28.2 Å². The van der Waals surface area contributed by atoms with Crippen LogP contribution in [0, 0.1) is 12.3 Å². The number of piperidine rings is 1. The van der Waals surface area contributed by atoms with E-state index in [9.17, 15) is 9.90 Å². The molecule has 1 unspecified atom stereocenters. The zero-order chi connectivity index (χ0) is 24.0. The summed E-state index contributed by atoms with van der Waals surface area (Å²) in [5.74, 6) is 0.852. The average Bonchev–Trinajstić information content (AvgIpc) is 3.12. The van der Waals surface area contributed by atoms with E-state index in [1.165, 1.54) is 0 Å². The Morgan fingerprint density at radius 1 is 1.21 bits per heavy atom. The van der Waals surface area contributed by atoms with Crippen LogP contribution in [0.5, 0.6) is 0 Å². The Morgan fingerprint density at radius 2 is 1.91 bits per heavy atom.